The molecule has 1 atom stereocenters. The molecule has 0 aliphatic carbocycles. The average Bonchev–Trinajstić information content (AvgIpc) is 2.92. The van der Waals surface area contributed by atoms with Crippen LogP contribution >= 0.6 is 0 Å². The van der Waals surface area contributed by atoms with E-state index in [2.05, 4.69) is 30.6 Å². The monoisotopic (exact) mass is 344 g/mol. The van der Waals surface area contributed by atoms with Crippen LogP contribution in [0.4, 0.5) is 4.79 Å². The van der Waals surface area contributed by atoms with E-state index in [-0.39, 0.29) is 11.7 Å². The Morgan fingerprint density at radius 1 is 1.24 bits per heavy atom. The molecule has 4 rings (SSSR count). The molecule has 138 valence electrons. The normalized spacial score (nSPS) is 31.1. The second-order valence-corrected chi connectivity index (χ2v) is 6.87. The van der Waals surface area contributed by atoms with Gasteiger partial charge in [-0.05, 0) is 45.7 Å². The van der Waals surface area contributed by atoms with Gasteiger partial charge in [-0.15, -0.1) is 0 Å². The van der Waals surface area contributed by atoms with Gasteiger partial charge in [-0.25, -0.2) is 4.79 Å². The summed E-state index contributed by atoms with van der Waals surface area (Å²) in [5, 5.41) is 0. The molecular formula is C21H32N2O2. The maximum atomic E-state index is 12.0. The van der Waals surface area contributed by atoms with Crippen LogP contribution in [0, 0.1) is 5.92 Å². The van der Waals surface area contributed by atoms with Crippen molar-refractivity contribution in [1.29, 1.82) is 0 Å². The highest BCUT2D eigenvalue weighted by molar-refractivity contribution is 5.72. The first-order valence-corrected chi connectivity index (χ1v) is 9.42. The van der Waals surface area contributed by atoms with Crippen LogP contribution < -0.4 is 0 Å². The molecule has 1 spiro atoms. The number of nitrogens with zero attached hydrogens (tertiary/aromatic N) is 2. The van der Waals surface area contributed by atoms with E-state index < -0.39 is 0 Å². The summed E-state index contributed by atoms with van der Waals surface area (Å²) in [6.07, 6.45) is 17.8. The van der Waals surface area contributed by atoms with Gasteiger partial charge in [0.25, 0.3) is 0 Å². The first-order chi connectivity index (χ1) is 12.1. The summed E-state index contributed by atoms with van der Waals surface area (Å²) < 4.78 is 5.77. The van der Waals surface area contributed by atoms with Crippen molar-refractivity contribution in [2.24, 2.45) is 5.92 Å². The predicted molar refractivity (Wildman–Crippen MR) is 103 cm³/mol. The van der Waals surface area contributed by atoms with Crippen molar-refractivity contribution in [1.82, 2.24) is 9.80 Å². The van der Waals surface area contributed by atoms with Gasteiger partial charge in [0.15, 0.2) is 0 Å². The molecule has 2 bridgehead atoms. The molecule has 0 N–H and O–H groups in total. The number of allylic oxidation sites excluding steroid dienone is 6. The third-order valence-corrected chi connectivity index (χ3v) is 5.09. The number of ether oxygens (including phenoxy) is 1. The minimum atomic E-state index is -0.255. The second-order valence-electron chi connectivity index (χ2n) is 6.87. The Morgan fingerprint density at radius 3 is 2.52 bits per heavy atom. The summed E-state index contributed by atoms with van der Waals surface area (Å²) in [4.78, 5) is 16.2. The zero-order valence-corrected chi connectivity index (χ0v) is 15.7. The molecule has 4 aliphatic rings. The summed E-state index contributed by atoms with van der Waals surface area (Å²) in [6.45, 7) is 11.7. The number of amides is 1. The number of hydrogen-bond donors (Lipinski definition) is 0. The lowest BCUT2D eigenvalue weighted by atomic mass is 9.75. The van der Waals surface area contributed by atoms with Gasteiger partial charge in [-0.1, -0.05) is 50.0 Å². The Kier molecular flexibility index (Phi) is 7.51. The topological polar surface area (TPSA) is 32.8 Å². The molecule has 0 unspecified atom stereocenters. The lowest BCUT2D eigenvalue weighted by Crippen LogP contribution is -2.60. The third-order valence-electron chi connectivity index (χ3n) is 5.09. The highest BCUT2D eigenvalue weighted by atomic mass is 16.6. The van der Waals surface area contributed by atoms with Gasteiger partial charge >= 0.3 is 6.09 Å². The molecule has 0 aromatic rings. The summed E-state index contributed by atoms with van der Waals surface area (Å²) >= 11 is 0. The standard InChI is InChI=1S/C16H22N2O2.C5H10/c1-2-3-4-5-6-9-18-13-16(20-15(18)19)12-17-10-7-14(16)8-11-17;1-3-5-4-2/h2-4,6,9,14H,1,5,7-8,10-13H2;3,5H,4H2,1-2H3/b4-3-,9-6+;5-3-/t16-;/m1./s1. The fraction of sp³-hybridized carbons (Fsp3) is 0.571. The van der Waals surface area contributed by atoms with Crippen LogP contribution in [0.1, 0.15) is 39.5 Å². The van der Waals surface area contributed by atoms with Crippen LogP contribution in [-0.2, 0) is 4.74 Å². The van der Waals surface area contributed by atoms with E-state index in [0.717, 1.165) is 45.3 Å². The largest absolute Gasteiger partial charge is 0.439 e. The van der Waals surface area contributed by atoms with E-state index in [9.17, 15) is 4.79 Å². The summed E-state index contributed by atoms with van der Waals surface area (Å²) in [5.74, 6) is 0.538. The van der Waals surface area contributed by atoms with E-state index in [1.165, 1.54) is 0 Å². The molecule has 4 heteroatoms. The van der Waals surface area contributed by atoms with Crippen LogP contribution in [0.2, 0.25) is 0 Å². The third kappa shape index (κ3) is 5.08. The molecule has 0 aromatic carbocycles. The van der Waals surface area contributed by atoms with Crippen molar-refractivity contribution in [3.63, 3.8) is 0 Å². The van der Waals surface area contributed by atoms with E-state index in [4.69, 9.17) is 4.74 Å². The van der Waals surface area contributed by atoms with Crippen molar-refractivity contribution in [2.45, 2.75) is 45.1 Å². The number of rotatable bonds is 5. The second kappa shape index (κ2) is 9.62. The molecule has 25 heavy (non-hydrogen) atoms. The van der Waals surface area contributed by atoms with Crippen LogP contribution in [0.15, 0.2) is 49.2 Å². The van der Waals surface area contributed by atoms with Crippen molar-refractivity contribution in [3.05, 3.63) is 49.2 Å². The molecule has 0 radical (unpaired) electrons. The van der Waals surface area contributed by atoms with E-state index >= 15 is 0 Å². The van der Waals surface area contributed by atoms with Crippen LogP contribution in [-0.4, -0.2) is 47.7 Å². The van der Waals surface area contributed by atoms with Gasteiger partial charge in [-0.3, -0.25) is 9.80 Å². The van der Waals surface area contributed by atoms with Gasteiger partial charge in [0.05, 0.1) is 6.54 Å². The van der Waals surface area contributed by atoms with E-state index in [1.54, 1.807) is 11.0 Å². The van der Waals surface area contributed by atoms with Gasteiger partial charge in [-0.2, -0.15) is 0 Å². The Balaban J connectivity index is 0.000000399. The Hall–Kier alpha value is -1.81. The molecular weight excluding hydrogens is 312 g/mol. The highest BCUT2D eigenvalue weighted by Gasteiger charge is 2.54. The van der Waals surface area contributed by atoms with Crippen molar-refractivity contribution < 1.29 is 9.53 Å². The zero-order chi connectivity index (χ0) is 18.1. The smallest absolute Gasteiger partial charge is 0.414 e. The maximum Gasteiger partial charge on any atom is 0.414 e. The average molecular weight is 344 g/mol. The first kappa shape index (κ1) is 19.5. The SMILES string of the molecule is C/C=C\CC.C=C/C=C\C/C=C/N1C[C@@]2(CN3CCC2CC3)OC1=O. The lowest BCUT2D eigenvalue weighted by molar-refractivity contribution is -0.0889. The van der Waals surface area contributed by atoms with Gasteiger partial charge in [0, 0.05) is 18.7 Å². The molecule has 0 aromatic heterocycles. The van der Waals surface area contributed by atoms with E-state index in [0.29, 0.717) is 12.5 Å². The molecule has 4 aliphatic heterocycles. The van der Waals surface area contributed by atoms with Gasteiger partial charge in [0.2, 0.25) is 0 Å². The van der Waals surface area contributed by atoms with Gasteiger partial charge < -0.3 is 4.74 Å². The predicted octanol–water partition coefficient (Wildman–Crippen LogP) is 4.52. The number of hydrogen-bond acceptors (Lipinski definition) is 3. The summed E-state index contributed by atoms with van der Waals surface area (Å²) in [6, 6.07) is 0. The molecule has 4 nitrogen and oxygen atoms in total. The molecule has 1 amide bonds. The van der Waals surface area contributed by atoms with Crippen molar-refractivity contribution in [2.75, 3.05) is 26.2 Å². The van der Waals surface area contributed by atoms with Crippen LogP contribution in [0.5, 0.6) is 0 Å². The minimum Gasteiger partial charge on any atom is -0.439 e. The molecule has 0 saturated carbocycles. The van der Waals surface area contributed by atoms with Crippen LogP contribution in [0.3, 0.4) is 0 Å². The van der Waals surface area contributed by atoms with Gasteiger partial charge in [0.1, 0.15) is 5.60 Å². The highest BCUT2D eigenvalue weighted by Crippen LogP contribution is 2.42. The molecule has 4 fully saturated rings. The Bertz CT molecular complexity index is 530. The number of carbonyl (C=O) groups is 1. The molecule has 4 saturated heterocycles. The Morgan fingerprint density at radius 2 is 2.00 bits per heavy atom. The summed E-state index contributed by atoms with van der Waals surface area (Å²) in [7, 11) is 0. The maximum absolute atomic E-state index is 12.0. The molecule has 4 heterocycles. The number of fused-ring (bicyclic) bond motifs is 2. The summed E-state index contributed by atoms with van der Waals surface area (Å²) in [5.41, 5.74) is -0.255. The van der Waals surface area contributed by atoms with E-state index in [1.807, 2.05) is 31.4 Å². The van der Waals surface area contributed by atoms with Crippen LogP contribution in [0.25, 0.3) is 0 Å². The first-order valence-electron chi connectivity index (χ1n) is 9.42. The fourth-order valence-electron chi connectivity index (χ4n) is 3.83. The minimum absolute atomic E-state index is 0.192. The zero-order valence-electron chi connectivity index (χ0n) is 15.7. The quantitative estimate of drug-likeness (QED) is 0.543. The van der Waals surface area contributed by atoms with Crippen molar-refractivity contribution in [3.8, 4) is 0 Å². The number of carbonyl (C=O) groups excluding carboxylic acids is 1. The lowest BCUT2D eigenvalue weighted by Gasteiger charge is -2.49. The fourth-order valence-corrected chi connectivity index (χ4v) is 3.83. The Labute approximate surface area is 152 Å². The number of piperidine rings is 3. The van der Waals surface area contributed by atoms with Crippen molar-refractivity contribution >= 4 is 6.09 Å².